The van der Waals surface area contributed by atoms with E-state index in [0.29, 0.717) is 24.8 Å². The Kier molecular flexibility index (Phi) is 4.76. The molecule has 1 unspecified atom stereocenters. The van der Waals surface area contributed by atoms with Crippen molar-refractivity contribution < 1.29 is 14.3 Å². The smallest absolute Gasteiger partial charge is 0.323 e. The van der Waals surface area contributed by atoms with Crippen LogP contribution in [-0.2, 0) is 9.53 Å². The van der Waals surface area contributed by atoms with Crippen LogP contribution in [0.5, 0.6) is 0 Å². The molecule has 7 heteroatoms. The van der Waals surface area contributed by atoms with Crippen molar-refractivity contribution in [1.29, 1.82) is 0 Å². The molecule has 0 saturated carbocycles. The molecule has 3 rings (SSSR count). The average Bonchev–Trinajstić information content (AvgIpc) is 2.97. The van der Waals surface area contributed by atoms with E-state index in [-0.39, 0.29) is 17.9 Å². The Morgan fingerprint density at radius 3 is 3.04 bits per heavy atom. The second-order valence-corrected chi connectivity index (χ2v) is 6.48. The summed E-state index contributed by atoms with van der Waals surface area (Å²) in [6, 6.07) is 7.54. The van der Waals surface area contributed by atoms with Gasteiger partial charge in [0.1, 0.15) is 0 Å². The minimum atomic E-state index is -0.232. The zero-order valence-corrected chi connectivity index (χ0v) is 13.8. The van der Waals surface area contributed by atoms with Crippen LogP contribution in [0.25, 0.3) is 10.2 Å². The first-order valence-electron chi connectivity index (χ1n) is 7.75. The first-order valence-corrected chi connectivity index (χ1v) is 8.57. The molecule has 2 heterocycles. The fourth-order valence-electron chi connectivity index (χ4n) is 2.71. The lowest BCUT2D eigenvalue weighted by molar-refractivity contribution is -0.149. The fourth-order valence-corrected chi connectivity index (χ4v) is 3.57. The molecule has 6 nitrogen and oxygen atoms in total. The molecule has 1 aromatic heterocycles. The largest absolute Gasteiger partial charge is 0.466 e. The van der Waals surface area contributed by atoms with Crippen LogP contribution in [0.1, 0.15) is 19.8 Å². The number of piperidine rings is 1. The standard InChI is InChI=1S/C16H19N3O3S/c1-2-22-14(20)11-6-5-9-19(10-11)16(21)18-15-17-12-7-3-4-8-13(12)23-15/h3-4,7-8,11H,2,5-6,9-10H2,1H3,(H,17,18,21). The number of hydrogen-bond acceptors (Lipinski definition) is 5. The first-order chi connectivity index (χ1) is 11.2. The first kappa shape index (κ1) is 15.7. The average molecular weight is 333 g/mol. The second-order valence-electron chi connectivity index (χ2n) is 5.45. The van der Waals surface area contributed by atoms with Gasteiger partial charge in [0.15, 0.2) is 5.13 Å². The van der Waals surface area contributed by atoms with Gasteiger partial charge in [-0.25, -0.2) is 9.78 Å². The Balaban J connectivity index is 1.64. The van der Waals surface area contributed by atoms with Crippen molar-refractivity contribution in [3.63, 3.8) is 0 Å². The maximum atomic E-state index is 12.4. The highest BCUT2D eigenvalue weighted by atomic mass is 32.1. The predicted octanol–water partition coefficient (Wildman–Crippen LogP) is 3.10. The molecule has 0 spiro atoms. The van der Waals surface area contributed by atoms with Gasteiger partial charge in [0.2, 0.25) is 0 Å². The summed E-state index contributed by atoms with van der Waals surface area (Å²) < 4.78 is 6.09. The highest BCUT2D eigenvalue weighted by molar-refractivity contribution is 7.22. The SMILES string of the molecule is CCOC(=O)C1CCCN(C(=O)Nc2nc3ccccc3s2)C1. The number of hydrogen-bond donors (Lipinski definition) is 1. The Bertz CT molecular complexity index is 682. The Morgan fingerprint density at radius 2 is 2.26 bits per heavy atom. The topological polar surface area (TPSA) is 71.5 Å². The molecule has 1 saturated heterocycles. The Hall–Kier alpha value is -2.15. The third-order valence-electron chi connectivity index (χ3n) is 3.84. The normalized spacial score (nSPS) is 18.0. The van der Waals surface area contributed by atoms with E-state index in [4.69, 9.17) is 4.74 Å². The van der Waals surface area contributed by atoms with Crippen LogP contribution < -0.4 is 5.32 Å². The van der Waals surface area contributed by atoms with Crippen LogP contribution in [0.15, 0.2) is 24.3 Å². The number of thiazole rings is 1. The van der Waals surface area contributed by atoms with E-state index in [0.717, 1.165) is 23.1 Å². The molecule has 0 radical (unpaired) electrons. The molecule has 1 aliphatic heterocycles. The number of benzene rings is 1. The number of carbonyl (C=O) groups excluding carboxylic acids is 2. The molecule has 1 N–H and O–H groups in total. The van der Waals surface area contributed by atoms with E-state index >= 15 is 0 Å². The van der Waals surface area contributed by atoms with Gasteiger partial charge in [0.05, 0.1) is 22.7 Å². The number of carbonyl (C=O) groups is 2. The molecule has 122 valence electrons. The van der Waals surface area contributed by atoms with Crippen molar-refractivity contribution in [1.82, 2.24) is 9.88 Å². The third-order valence-corrected chi connectivity index (χ3v) is 4.79. The van der Waals surface area contributed by atoms with Gasteiger partial charge in [-0.05, 0) is 31.9 Å². The molecule has 23 heavy (non-hydrogen) atoms. The molecule has 2 aromatic rings. The molecule has 2 amide bonds. The molecular formula is C16H19N3O3S. The number of para-hydroxylation sites is 1. The zero-order chi connectivity index (χ0) is 16.2. The van der Waals surface area contributed by atoms with Crippen molar-refractivity contribution in [2.24, 2.45) is 5.92 Å². The van der Waals surface area contributed by atoms with Gasteiger partial charge in [0, 0.05) is 13.1 Å². The number of likely N-dealkylation sites (tertiary alicyclic amines) is 1. The molecule has 1 aliphatic rings. The number of nitrogens with zero attached hydrogens (tertiary/aromatic N) is 2. The van der Waals surface area contributed by atoms with E-state index in [1.165, 1.54) is 11.3 Å². The highest BCUT2D eigenvalue weighted by Gasteiger charge is 2.29. The van der Waals surface area contributed by atoms with Gasteiger partial charge < -0.3 is 9.64 Å². The minimum Gasteiger partial charge on any atom is -0.466 e. The van der Waals surface area contributed by atoms with Crippen molar-refractivity contribution in [3.05, 3.63) is 24.3 Å². The highest BCUT2D eigenvalue weighted by Crippen LogP contribution is 2.26. The Labute approximate surface area is 138 Å². The maximum Gasteiger partial charge on any atom is 0.323 e. The molecular weight excluding hydrogens is 314 g/mol. The third kappa shape index (κ3) is 3.61. The monoisotopic (exact) mass is 333 g/mol. The number of anilines is 1. The van der Waals surface area contributed by atoms with E-state index in [1.807, 2.05) is 24.3 Å². The van der Waals surface area contributed by atoms with Crippen LogP contribution >= 0.6 is 11.3 Å². The van der Waals surface area contributed by atoms with Crippen LogP contribution in [0.2, 0.25) is 0 Å². The molecule has 1 atom stereocenters. The number of rotatable bonds is 3. The molecule has 1 fully saturated rings. The summed E-state index contributed by atoms with van der Waals surface area (Å²) in [6.07, 6.45) is 1.57. The van der Waals surface area contributed by atoms with Crippen molar-refractivity contribution in [3.8, 4) is 0 Å². The van der Waals surface area contributed by atoms with Gasteiger partial charge in [-0.1, -0.05) is 23.5 Å². The lowest BCUT2D eigenvalue weighted by Crippen LogP contribution is -2.44. The van der Waals surface area contributed by atoms with E-state index in [9.17, 15) is 9.59 Å². The van der Waals surface area contributed by atoms with Gasteiger partial charge >= 0.3 is 12.0 Å². The van der Waals surface area contributed by atoms with Gasteiger partial charge in [0.25, 0.3) is 0 Å². The molecule has 0 aliphatic carbocycles. The van der Waals surface area contributed by atoms with Crippen molar-refractivity contribution in [2.45, 2.75) is 19.8 Å². The van der Waals surface area contributed by atoms with Crippen LogP contribution in [0, 0.1) is 5.92 Å². The van der Waals surface area contributed by atoms with Crippen LogP contribution in [0.3, 0.4) is 0 Å². The molecule has 0 bridgehead atoms. The number of amides is 2. The van der Waals surface area contributed by atoms with Gasteiger partial charge in [-0.2, -0.15) is 0 Å². The van der Waals surface area contributed by atoms with Gasteiger partial charge in [-0.3, -0.25) is 10.1 Å². The molecule has 1 aromatic carbocycles. The number of nitrogens with one attached hydrogen (secondary N) is 1. The second kappa shape index (κ2) is 6.95. The van der Waals surface area contributed by atoms with E-state index in [2.05, 4.69) is 10.3 Å². The summed E-state index contributed by atoms with van der Waals surface area (Å²) in [4.78, 5) is 30.3. The Morgan fingerprint density at radius 1 is 1.43 bits per heavy atom. The summed E-state index contributed by atoms with van der Waals surface area (Å²) >= 11 is 1.44. The lowest BCUT2D eigenvalue weighted by Gasteiger charge is -2.31. The van der Waals surface area contributed by atoms with E-state index < -0.39 is 0 Å². The minimum absolute atomic E-state index is 0.210. The van der Waals surface area contributed by atoms with E-state index in [1.54, 1.807) is 11.8 Å². The number of esters is 1. The fraction of sp³-hybridized carbons (Fsp3) is 0.438. The predicted molar refractivity (Wildman–Crippen MR) is 89.6 cm³/mol. The van der Waals surface area contributed by atoms with Crippen molar-refractivity contribution >= 4 is 38.7 Å². The van der Waals surface area contributed by atoms with Crippen LogP contribution in [0.4, 0.5) is 9.93 Å². The van der Waals surface area contributed by atoms with Crippen molar-refractivity contribution in [2.75, 3.05) is 25.0 Å². The van der Waals surface area contributed by atoms with Gasteiger partial charge in [-0.15, -0.1) is 0 Å². The summed E-state index contributed by atoms with van der Waals surface area (Å²) in [7, 11) is 0. The summed E-state index contributed by atoms with van der Waals surface area (Å²) in [5, 5.41) is 3.41. The summed E-state index contributed by atoms with van der Waals surface area (Å²) in [5.74, 6) is -0.449. The summed E-state index contributed by atoms with van der Waals surface area (Å²) in [6.45, 7) is 3.20. The number of fused-ring (bicyclic) bond motifs is 1. The zero-order valence-electron chi connectivity index (χ0n) is 12.9. The number of ether oxygens (including phenoxy) is 1. The number of urea groups is 1. The number of aromatic nitrogens is 1. The quantitative estimate of drug-likeness (QED) is 0.876. The lowest BCUT2D eigenvalue weighted by atomic mass is 9.98. The maximum absolute atomic E-state index is 12.4. The van der Waals surface area contributed by atoms with Crippen LogP contribution in [-0.4, -0.2) is 41.6 Å². The summed E-state index contributed by atoms with van der Waals surface area (Å²) in [5.41, 5.74) is 0.871.